The molecule has 0 radical (unpaired) electrons. The van der Waals surface area contributed by atoms with Crippen molar-refractivity contribution < 1.29 is 18.3 Å². The molecule has 90 valence electrons. The van der Waals surface area contributed by atoms with Gasteiger partial charge in [-0.1, -0.05) is 0 Å². The summed E-state index contributed by atoms with van der Waals surface area (Å²) in [6, 6.07) is 1.45. The van der Waals surface area contributed by atoms with Gasteiger partial charge in [-0.15, -0.1) is 0 Å². The molecule has 0 spiro atoms. The van der Waals surface area contributed by atoms with E-state index < -0.39 is 12.7 Å². The SMILES string of the molecule is Cc1cc(N(CCO)CC(F)(F)F)ncn1. The highest BCUT2D eigenvalue weighted by Crippen LogP contribution is 2.20. The van der Waals surface area contributed by atoms with Crippen molar-refractivity contribution in [3.63, 3.8) is 0 Å². The fourth-order valence-electron chi connectivity index (χ4n) is 1.23. The second-order valence-electron chi connectivity index (χ2n) is 3.28. The number of anilines is 1. The Bertz CT molecular complexity index is 343. The monoisotopic (exact) mass is 235 g/mol. The molecule has 1 N–H and O–H groups in total. The van der Waals surface area contributed by atoms with E-state index in [1.165, 1.54) is 12.4 Å². The third kappa shape index (κ3) is 4.01. The number of nitrogens with zero attached hydrogens (tertiary/aromatic N) is 3. The highest BCUT2D eigenvalue weighted by atomic mass is 19.4. The first-order valence-electron chi connectivity index (χ1n) is 4.63. The quantitative estimate of drug-likeness (QED) is 0.850. The Morgan fingerprint density at radius 3 is 2.56 bits per heavy atom. The van der Waals surface area contributed by atoms with Crippen LogP contribution in [0, 0.1) is 6.92 Å². The van der Waals surface area contributed by atoms with E-state index in [0.29, 0.717) is 5.69 Å². The Kier molecular flexibility index (Phi) is 4.05. The van der Waals surface area contributed by atoms with E-state index in [2.05, 4.69) is 9.97 Å². The molecule has 0 bridgehead atoms. The number of hydrogen-bond donors (Lipinski definition) is 1. The zero-order valence-corrected chi connectivity index (χ0v) is 8.70. The molecule has 0 aliphatic carbocycles. The van der Waals surface area contributed by atoms with Crippen molar-refractivity contribution in [2.75, 3.05) is 24.6 Å². The van der Waals surface area contributed by atoms with Crippen molar-refractivity contribution >= 4 is 5.82 Å². The zero-order valence-electron chi connectivity index (χ0n) is 8.70. The summed E-state index contributed by atoms with van der Waals surface area (Å²) in [5.74, 6) is 0.166. The second-order valence-corrected chi connectivity index (χ2v) is 3.28. The summed E-state index contributed by atoms with van der Waals surface area (Å²) in [5, 5.41) is 8.71. The van der Waals surface area contributed by atoms with Crippen molar-refractivity contribution in [1.29, 1.82) is 0 Å². The number of aliphatic hydroxyl groups is 1. The smallest absolute Gasteiger partial charge is 0.395 e. The van der Waals surface area contributed by atoms with E-state index in [4.69, 9.17) is 5.11 Å². The average molecular weight is 235 g/mol. The molecule has 0 fully saturated rings. The molecule has 0 aliphatic heterocycles. The highest BCUT2D eigenvalue weighted by Gasteiger charge is 2.31. The maximum absolute atomic E-state index is 12.2. The lowest BCUT2D eigenvalue weighted by atomic mass is 10.3. The summed E-state index contributed by atoms with van der Waals surface area (Å²) in [4.78, 5) is 8.51. The van der Waals surface area contributed by atoms with Crippen LogP contribution in [-0.2, 0) is 0 Å². The maximum Gasteiger partial charge on any atom is 0.405 e. The van der Waals surface area contributed by atoms with Gasteiger partial charge in [0, 0.05) is 18.3 Å². The van der Waals surface area contributed by atoms with Gasteiger partial charge in [-0.2, -0.15) is 13.2 Å². The van der Waals surface area contributed by atoms with E-state index >= 15 is 0 Å². The number of hydrogen-bond acceptors (Lipinski definition) is 4. The molecule has 7 heteroatoms. The molecular formula is C9H12F3N3O. The molecule has 16 heavy (non-hydrogen) atoms. The molecule has 0 aliphatic rings. The lowest BCUT2D eigenvalue weighted by Gasteiger charge is -2.23. The Morgan fingerprint density at radius 1 is 1.38 bits per heavy atom. The summed E-state index contributed by atoms with van der Waals surface area (Å²) in [7, 11) is 0. The number of aromatic nitrogens is 2. The van der Waals surface area contributed by atoms with E-state index in [1.807, 2.05) is 0 Å². The van der Waals surface area contributed by atoms with E-state index in [0.717, 1.165) is 4.90 Å². The van der Waals surface area contributed by atoms with Gasteiger partial charge < -0.3 is 10.0 Å². The number of alkyl halides is 3. The van der Waals surface area contributed by atoms with Crippen molar-refractivity contribution in [3.8, 4) is 0 Å². The lowest BCUT2D eigenvalue weighted by molar-refractivity contribution is -0.120. The number of rotatable bonds is 4. The van der Waals surface area contributed by atoms with Crippen LogP contribution in [0.5, 0.6) is 0 Å². The third-order valence-electron chi connectivity index (χ3n) is 1.85. The number of halogens is 3. The Morgan fingerprint density at radius 2 is 2.06 bits per heavy atom. The Labute approximate surface area is 90.7 Å². The summed E-state index contributed by atoms with van der Waals surface area (Å²) < 4.78 is 36.7. The second kappa shape index (κ2) is 5.11. The first kappa shape index (κ1) is 12.7. The van der Waals surface area contributed by atoms with Crippen LogP contribution in [0.1, 0.15) is 5.69 Å². The first-order chi connectivity index (χ1) is 7.42. The fourth-order valence-corrected chi connectivity index (χ4v) is 1.23. The molecule has 4 nitrogen and oxygen atoms in total. The van der Waals surface area contributed by atoms with Crippen molar-refractivity contribution in [2.45, 2.75) is 13.1 Å². The summed E-state index contributed by atoms with van der Waals surface area (Å²) in [5.41, 5.74) is 0.579. The van der Waals surface area contributed by atoms with Crippen LogP contribution in [0.3, 0.4) is 0 Å². The maximum atomic E-state index is 12.2. The molecular weight excluding hydrogens is 223 g/mol. The van der Waals surface area contributed by atoms with E-state index in [9.17, 15) is 13.2 Å². The van der Waals surface area contributed by atoms with Crippen LogP contribution in [0.25, 0.3) is 0 Å². The topological polar surface area (TPSA) is 49.2 Å². The first-order valence-corrected chi connectivity index (χ1v) is 4.63. The van der Waals surface area contributed by atoms with Crippen LogP contribution in [0.2, 0.25) is 0 Å². The van der Waals surface area contributed by atoms with Crippen molar-refractivity contribution in [3.05, 3.63) is 18.1 Å². The van der Waals surface area contributed by atoms with Gasteiger partial charge in [0.1, 0.15) is 18.7 Å². The summed E-state index contributed by atoms with van der Waals surface area (Å²) >= 11 is 0. The summed E-state index contributed by atoms with van der Waals surface area (Å²) in [6.45, 7) is 0.0506. The lowest BCUT2D eigenvalue weighted by Crippen LogP contribution is -2.36. The van der Waals surface area contributed by atoms with E-state index in [-0.39, 0.29) is 19.0 Å². The van der Waals surface area contributed by atoms with Crippen molar-refractivity contribution in [1.82, 2.24) is 9.97 Å². The van der Waals surface area contributed by atoms with Gasteiger partial charge >= 0.3 is 6.18 Å². The minimum atomic E-state index is -4.33. The molecule has 0 amide bonds. The van der Waals surface area contributed by atoms with Gasteiger partial charge in [0.25, 0.3) is 0 Å². The van der Waals surface area contributed by atoms with Gasteiger partial charge in [0.05, 0.1) is 6.61 Å². The Hall–Kier alpha value is -1.37. The number of aryl methyl sites for hydroxylation is 1. The standard InChI is InChI=1S/C9H12F3N3O/c1-7-4-8(14-6-13-7)15(2-3-16)5-9(10,11)12/h4,6,16H,2-3,5H2,1H3. The molecule has 0 unspecified atom stereocenters. The largest absolute Gasteiger partial charge is 0.405 e. The molecule has 0 atom stereocenters. The Balaban J connectivity index is 2.85. The van der Waals surface area contributed by atoms with Gasteiger partial charge in [0.15, 0.2) is 0 Å². The molecule has 1 rings (SSSR count). The van der Waals surface area contributed by atoms with Crippen LogP contribution in [-0.4, -0.2) is 40.9 Å². The fraction of sp³-hybridized carbons (Fsp3) is 0.556. The van der Waals surface area contributed by atoms with Crippen LogP contribution >= 0.6 is 0 Å². The molecule has 0 aromatic carbocycles. The van der Waals surface area contributed by atoms with Crippen molar-refractivity contribution in [2.24, 2.45) is 0 Å². The molecule has 0 saturated carbocycles. The highest BCUT2D eigenvalue weighted by molar-refractivity contribution is 5.38. The third-order valence-corrected chi connectivity index (χ3v) is 1.85. The molecule has 1 heterocycles. The van der Waals surface area contributed by atoms with Crippen LogP contribution in [0.15, 0.2) is 12.4 Å². The molecule has 0 saturated heterocycles. The van der Waals surface area contributed by atoms with Crippen LogP contribution < -0.4 is 4.90 Å². The minimum Gasteiger partial charge on any atom is -0.395 e. The van der Waals surface area contributed by atoms with Gasteiger partial charge in [0.2, 0.25) is 0 Å². The van der Waals surface area contributed by atoms with E-state index in [1.54, 1.807) is 6.92 Å². The van der Waals surface area contributed by atoms with Crippen LogP contribution in [0.4, 0.5) is 19.0 Å². The molecule has 1 aromatic heterocycles. The minimum absolute atomic E-state index is 0.115. The predicted molar refractivity (Wildman–Crippen MR) is 52.1 cm³/mol. The summed E-state index contributed by atoms with van der Waals surface area (Å²) in [6.07, 6.45) is -3.13. The van der Waals surface area contributed by atoms with Gasteiger partial charge in [-0.3, -0.25) is 0 Å². The normalized spacial score (nSPS) is 11.6. The average Bonchev–Trinajstić information content (AvgIpc) is 2.15. The number of aliphatic hydroxyl groups excluding tert-OH is 1. The zero-order chi connectivity index (χ0) is 12.2. The van der Waals surface area contributed by atoms with Gasteiger partial charge in [-0.25, -0.2) is 9.97 Å². The van der Waals surface area contributed by atoms with Gasteiger partial charge in [-0.05, 0) is 6.92 Å². The molecule has 1 aromatic rings. The predicted octanol–water partition coefficient (Wildman–Crippen LogP) is 1.15.